The van der Waals surface area contributed by atoms with Crippen molar-refractivity contribution in [2.24, 2.45) is 11.8 Å². The normalized spacial score (nSPS) is 28.1. The lowest BCUT2D eigenvalue weighted by molar-refractivity contribution is -0.950. The van der Waals surface area contributed by atoms with Gasteiger partial charge in [0.15, 0.2) is 6.10 Å². The van der Waals surface area contributed by atoms with Gasteiger partial charge in [0.25, 0.3) is 0 Å². The highest BCUT2D eigenvalue weighted by Crippen LogP contribution is 2.37. The summed E-state index contributed by atoms with van der Waals surface area (Å²) >= 11 is 0. The van der Waals surface area contributed by atoms with E-state index in [0.717, 1.165) is 40.5 Å². The summed E-state index contributed by atoms with van der Waals surface area (Å²) in [7, 11) is 1.67. The Morgan fingerprint density at radius 1 is 1.37 bits per heavy atom. The molecular weight excluding hydrogens is 340 g/mol. The number of piperidine rings is 3. The van der Waals surface area contributed by atoms with Crippen molar-refractivity contribution in [1.82, 2.24) is 4.98 Å². The third-order valence-electron chi connectivity index (χ3n) is 6.58. The summed E-state index contributed by atoms with van der Waals surface area (Å²) in [6.45, 7) is 6.18. The van der Waals surface area contributed by atoms with E-state index < -0.39 is 0 Å². The molecule has 27 heavy (non-hydrogen) atoms. The molecule has 1 aromatic heterocycles. The van der Waals surface area contributed by atoms with Crippen molar-refractivity contribution in [1.29, 1.82) is 0 Å². The SMILES string of the molecule is CC[C@@H]1C[NH+]2CC[C@H]1C[C@@H]2[C@@H](OC(C)=O)c1ccnc2ccc(OC)cc12. The van der Waals surface area contributed by atoms with Crippen LogP contribution in [0.4, 0.5) is 0 Å². The minimum Gasteiger partial charge on any atom is -0.497 e. The van der Waals surface area contributed by atoms with Crippen molar-refractivity contribution < 1.29 is 19.2 Å². The lowest BCUT2D eigenvalue weighted by Gasteiger charge is -2.48. The van der Waals surface area contributed by atoms with Gasteiger partial charge in [-0.3, -0.25) is 9.78 Å². The smallest absolute Gasteiger partial charge is 0.303 e. The zero-order valence-electron chi connectivity index (χ0n) is 16.4. The maximum absolute atomic E-state index is 12.0. The van der Waals surface area contributed by atoms with Gasteiger partial charge in [-0.15, -0.1) is 0 Å². The highest BCUT2D eigenvalue weighted by Gasteiger charge is 2.47. The van der Waals surface area contributed by atoms with E-state index in [2.05, 4.69) is 11.9 Å². The molecule has 4 heterocycles. The number of quaternary nitrogens is 1. The van der Waals surface area contributed by atoms with Crippen LogP contribution in [0.5, 0.6) is 5.75 Å². The van der Waals surface area contributed by atoms with Crippen molar-refractivity contribution >= 4 is 16.9 Å². The molecule has 5 nitrogen and oxygen atoms in total. The summed E-state index contributed by atoms with van der Waals surface area (Å²) in [5.74, 6) is 2.12. The van der Waals surface area contributed by atoms with Crippen molar-refractivity contribution in [3.63, 3.8) is 0 Å². The molecule has 2 aromatic rings. The van der Waals surface area contributed by atoms with Crippen LogP contribution in [0.3, 0.4) is 0 Å². The molecule has 144 valence electrons. The Kier molecular flexibility index (Phi) is 5.04. The summed E-state index contributed by atoms with van der Waals surface area (Å²) in [6.07, 6.45) is 5.24. The molecule has 2 bridgehead atoms. The number of carbonyl (C=O) groups is 1. The molecular formula is C22H29N2O3+. The Balaban J connectivity index is 1.75. The van der Waals surface area contributed by atoms with Crippen LogP contribution >= 0.6 is 0 Å². The van der Waals surface area contributed by atoms with E-state index in [0.29, 0.717) is 6.04 Å². The van der Waals surface area contributed by atoms with Crippen LogP contribution in [0.25, 0.3) is 10.9 Å². The maximum Gasteiger partial charge on any atom is 0.303 e. The summed E-state index contributed by atoms with van der Waals surface area (Å²) in [6, 6.07) is 8.22. The van der Waals surface area contributed by atoms with Gasteiger partial charge < -0.3 is 14.4 Å². The second-order valence-electron chi connectivity index (χ2n) is 7.98. The zero-order chi connectivity index (χ0) is 19.0. The molecule has 0 radical (unpaired) electrons. The van der Waals surface area contributed by atoms with Crippen LogP contribution in [0, 0.1) is 11.8 Å². The van der Waals surface area contributed by atoms with Crippen molar-refractivity contribution in [3.05, 3.63) is 36.0 Å². The lowest BCUT2D eigenvalue weighted by atomic mass is 9.72. The Morgan fingerprint density at radius 3 is 2.89 bits per heavy atom. The molecule has 0 amide bonds. The Hall–Kier alpha value is -2.14. The minimum absolute atomic E-state index is 0.220. The first-order chi connectivity index (χ1) is 13.1. The van der Waals surface area contributed by atoms with Gasteiger partial charge in [-0.2, -0.15) is 0 Å². The van der Waals surface area contributed by atoms with Crippen LogP contribution in [0.1, 0.15) is 44.8 Å². The van der Waals surface area contributed by atoms with E-state index in [1.807, 2.05) is 30.5 Å². The molecule has 3 aliphatic heterocycles. The summed E-state index contributed by atoms with van der Waals surface area (Å²) in [5, 5.41) is 1.01. The number of hydrogen-bond acceptors (Lipinski definition) is 4. The quantitative estimate of drug-likeness (QED) is 0.823. The first-order valence-electron chi connectivity index (χ1n) is 10.0. The van der Waals surface area contributed by atoms with Gasteiger partial charge in [0.05, 0.1) is 25.7 Å². The molecule has 1 aromatic carbocycles. The molecule has 0 saturated carbocycles. The average Bonchev–Trinajstić information content (AvgIpc) is 2.71. The van der Waals surface area contributed by atoms with Crippen molar-refractivity contribution in [2.45, 2.75) is 45.3 Å². The summed E-state index contributed by atoms with van der Waals surface area (Å²) in [5.41, 5.74) is 1.95. The largest absolute Gasteiger partial charge is 0.497 e. The lowest BCUT2D eigenvalue weighted by Crippen LogP contribution is -3.20. The first kappa shape index (κ1) is 18.2. The number of nitrogens with one attached hydrogen (secondary N) is 1. The van der Waals surface area contributed by atoms with E-state index in [1.54, 1.807) is 12.0 Å². The number of benzene rings is 1. The van der Waals surface area contributed by atoms with Gasteiger partial charge in [-0.05, 0) is 36.6 Å². The highest BCUT2D eigenvalue weighted by atomic mass is 16.5. The fourth-order valence-corrected chi connectivity index (χ4v) is 5.23. The molecule has 5 heteroatoms. The Labute approximate surface area is 160 Å². The zero-order valence-corrected chi connectivity index (χ0v) is 16.4. The highest BCUT2D eigenvalue weighted by molar-refractivity contribution is 5.84. The Bertz CT molecular complexity index is 837. The standard InChI is InChI=1S/C22H28N2O3/c1-4-15-13-24-10-8-16(15)11-21(24)22(27-14(2)25)18-7-9-23-20-6-5-17(26-3)12-19(18)20/h5-7,9,12,15-16,21-22H,4,8,10-11,13H2,1-3H3/p+1/t15-,16+,21-,22+/m1/s1. The number of pyridine rings is 1. The van der Waals surface area contributed by atoms with E-state index in [9.17, 15) is 4.79 Å². The van der Waals surface area contributed by atoms with Crippen LogP contribution in [-0.4, -0.2) is 37.2 Å². The van der Waals surface area contributed by atoms with E-state index in [-0.39, 0.29) is 12.1 Å². The van der Waals surface area contributed by atoms with Crippen molar-refractivity contribution in [2.75, 3.05) is 20.2 Å². The third-order valence-corrected chi connectivity index (χ3v) is 6.58. The van der Waals surface area contributed by atoms with Crippen LogP contribution in [-0.2, 0) is 9.53 Å². The predicted octanol–water partition coefficient (Wildman–Crippen LogP) is 2.55. The molecule has 0 spiro atoms. The van der Waals surface area contributed by atoms with Gasteiger partial charge in [0.2, 0.25) is 0 Å². The third kappa shape index (κ3) is 3.41. The van der Waals surface area contributed by atoms with Gasteiger partial charge in [-0.25, -0.2) is 0 Å². The van der Waals surface area contributed by atoms with Crippen molar-refractivity contribution in [3.8, 4) is 5.75 Å². The fraction of sp³-hybridized carbons (Fsp3) is 0.545. The Morgan fingerprint density at radius 2 is 2.22 bits per heavy atom. The number of hydrogen-bond donors (Lipinski definition) is 1. The van der Waals surface area contributed by atoms with Gasteiger partial charge in [-0.1, -0.05) is 6.92 Å². The van der Waals surface area contributed by atoms with Crippen LogP contribution in [0.15, 0.2) is 30.5 Å². The number of aromatic nitrogens is 1. The molecule has 1 unspecified atom stereocenters. The summed E-state index contributed by atoms with van der Waals surface area (Å²) in [4.78, 5) is 18.1. The van der Waals surface area contributed by atoms with E-state index in [4.69, 9.17) is 9.47 Å². The molecule has 1 N–H and O–H groups in total. The topological polar surface area (TPSA) is 52.9 Å². The van der Waals surface area contributed by atoms with Gasteiger partial charge >= 0.3 is 5.97 Å². The monoisotopic (exact) mass is 369 g/mol. The molecule has 0 aliphatic carbocycles. The van der Waals surface area contributed by atoms with Gasteiger partial charge in [0, 0.05) is 42.8 Å². The maximum atomic E-state index is 12.0. The van der Waals surface area contributed by atoms with Crippen LogP contribution < -0.4 is 9.64 Å². The number of methoxy groups -OCH3 is 1. The molecule has 5 atom stereocenters. The number of rotatable bonds is 5. The average molecular weight is 369 g/mol. The number of nitrogens with zero attached hydrogens (tertiary/aromatic N) is 1. The summed E-state index contributed by atoms with van der Waals surface area (Å²) < 4.78 is 11.4. The van der Waals surface area contributed by atoms with Crippen LogP contribution in [0.2, 0.25) is 0 Å². The molecule has 3 fully saturated rings. The predicted molar refractivity (Wildman–Crippen MR) is 104 cm³/mol. The minimum atomic E-state index is -0.240. The van der Waals surface area contributed by atoms with Gasteiger partial charge in [0.1, 0.15) is 11.8 Å². The first-order valence-corrected chi connectivity index (χ1v) is 10.0. The number of carbonyl (C=O) groups excluding carboxylic acids is 1. The van der Waals surface area contributed by atoms with E-state index in [1.165, 1.54) is 32.9 Å². The number of fused-ring (bicyclic) bond motifs is 4. The number of ether oxygens (including phenoxy) is 2. The second kappa shape index (κ2) is 7.47. The van der Waals surface area contributed by atoms with E-state index >= 15 is 0 Å². The number of esters is 1. The fourth-order valence-electron chi connectivity index (χ4n) is 5.23. The second-order valence-corrected chi connectivity index (χ2v) is 7.98. The molecule has 3 aliphatic rings. The molecule has 5 rings (SSSR count). The molecule has 3 saturated heterocycles.